The third-order valence-electron chi connectivity index (χ3n) is 3.30. The molecule has 2 aromatic rings. The highest BCUT2D eigenvalue weighted by atomic mass is 16.5. The van der Waals surface area contributed by atoms with Crippen LogP contribution in [-0.2, 0) is 17.8 Å². The van der Waals surface area contributed by atoms with Gasteiger partial charge < -0.3 is 14.6 Å². The Labute approximate surface area is 125 Å². The fourth-order valence-electron chi connectivity index (χ4n) is 2.11. The second-order valence-corrected chi connectivity index (χ2v) is 4.96. The van der Waals surface area contributed by atoms with Crippen molar-refractivity contribution in [2.75, 3.05) is 20.3 Å². The molecule has 1 N–H and O–H groups in total. The highest BCUT2D eigenvalue weighted by Crippen LogP contribution is 2.12. The van der Waals surface area contributed by atoms with Crippen LogP contribution in [0.5, 0.6) is 0 Å². The normalized spacial score (nSPS) is 10.5. The zero-order chi connectivity index (χ0) is 15.1. The SMILES string of the molecule is COCCNCc1cn(Cc2ccc(C#N)cc2C)cn1. The molecule has 0 aliphatic carbocycles. The summed E-state index contributed by atoms with van der Waals surface area (Å²) in [6, 6.07) is 7.93. The van der Waals surface area contributed by atoms with Crippen molar-refractivity contribution in [1.82, 2.24) is 14.9 Å². The highest BCUT2D eigenvalue weighted by molar-refractivity contribution is 5.37. The summed E-state index contributed by atoms with van der Waals surface area (Å²) in [5, 5.41) is 12.2. The molecule has 1 heterocycles. The predicted molar refractivity (Wildman–Crippen MR) is 80.8 cm³/mol. The Hall–Kier alpha value is -2.16. The molecule has 110 valence electrons. The predicted octanol–water partition coefficient (Wildman–Crippen LogP) is 1.85. The zero-order valence-corrected chi connectivity index (χ0v) is 12.5. The maximum absolute atomic E-state index is 8.89. The molecule has 5 heteroatoms. The number of rotatable bonds is 7. The minimum absolute atomic E-state index is 0.699. The molecule has 0 aliphatic rings. The Morgan fingerprint density at radius 1 is 1.43 bits per heavy atom. The van der Waals surface area contributed by atoms with Gasteiger partial charge in [0.25, 0.3) is 0 Å². The van der Waals surface area contributed by atoms with E-state index < -0.39 is 0 Å². The maximum Gasteiger partial charge on any atom is 0.0991 e. The number of benzene rings is 1. The Balaban J connectivity index is 1.95. The Morgan fingerprint density at radius 3 is 3.00 bits per heavy atom. The lowest BCUT2D eigenvalue weighted by atomic mass is 10.1. The Bertz CT molecular complexity index is 627. The molecule has 0 bridgehead atoms. The van der Waals surface area contributed by atoms with Crippen LogP contribution >= 0.6 is 0 Å². The first-order valence-electron chi connectivity index (χ1n) is 6.93. The lowest BCUT2D eigenvalue weighted by molar-refractivity contribution is 0.199. The molecule has 0 unspecified atom stereocenters. The lowest BCUT2D eigenvalue weighted by Gasteiger charge is -2.06. The van der Waals surface area contributed by atoms with E-state index in [0.717, 1.165) is 30.9 Å². The summed E-state index contributed by atoms with van der Waals surface area (Å²) in [6.07, 6.45) is 3.88. The van der Waals surface area contributed by atoms with Crippen LogP contribution in [0.15, 0.2) is 30.7 Å². The topological polar surface area (TPSA) is 62.9 Å². The summed E-state index contributed by atoms with van der Waals surface area (Å²) < 4.78 is 7.04. The van der Waals surface area contributed by atoms with Crippen molar-refractivity contribution < 1.29 is 4.74 Å². The molecule has 2 rings (SSSR count). The number of nitrogens with zero attached hydrogens (tertiary/aromatic N) is 3. The first-order valence-corrected chi connectivity index (χ1v) is 6.93. The molecule has 0 aliphatic heterocycles. The maximum atomic E-state index is 8.89. The molecule has 0 amide bonds. The average Bonchev–Trinajstić information content (AvgIpc) is 2.93. The first-order chi connectivity index (χ1) is 10.2. The summed E-state index contributed by atoms with van der Waals surface area (Å²) in [5.41, 5.74) is 4.04. The molecule has 0 saturated carbocycles. The number of nitriles is 1. The number of aryl methyl sites for hydroxylation is 1. The molecule has 1 aromatic carbocycles. The Kier molecular flexibility index (Phi) is 5.50. The Morgan fingerprint density at radius 2 is 2.29 bits per heavy atom. The number of nitrogens with one attached hydrogen (secondary N) is 1. The smallest absolute Gasteiger partial charge is 0.0991 e. The number of hydrogen-bond donors (Lipinski definition) is 1. The van der Waals surface area contributed by atoms with Crippen LogP contribution < -0.4 is 5.32 Å². The molecule has 0 spiro atoms. The summed E-state index contributed by atoms with van der Waals surface area (Å²) in [5.74, 6) is 0. The van der Waals surface area contributed by atoms with Gasteiger partial charge in [0.2, 0.25) is 0 Å². The lowest BCUT2D eigenvalue weighted by Crippen LogP contribution is -2.18. The van der Waals surface area contributed by atoms with E-state index in [1.807, 2.05) is 37.6 Å². The van der Waals surface area contributed by atoms with Gasteiger partial charge in [-0.2, -0.15) is 5.26 Å². The molecule has 21 heavy (non-hydrogen) atoms. The van der Waals surface area contributed by atoms with Gasteiger partial charge in [0, 0.05) is 32.9 Å². The van der Waals surface area contributed by atoms with Crippen molar-refractivity contribution in [3.8, 4) is 6.07 Å². The van der Waals surface area contributed by atoms with E-state index in [1.165, 1.54) is 5.56 Å². The van der Waals surface area contributed by atoms with Crippen LogP contribution in [-0.4, -0.2) is 29.8 Å². The molecule has 0 saturated heterocycles. The molecule has 0 fully saturated rings. The summed E-state index contributed by atoms with van der Waals surface area (Å²) in [6.45, 7) is 5.05. The summed E-state index contributed by atoms with van der Waals surface area (Å²) in [7, 11) is 1.69. The van der Waals surface area contributed by atoms with E-state index in [1.54, 1.807) is 7.11 Å². The number of aromatic nitrogens is 2. The van der Waals surface area contributed by atoms with Crippen molar-refractivity contribution in [3.63, 3.8) is 0 Å². The monoisotopic (exact) mass is 284 g/mol. The molecule has 0 atom stereocenters. The van der Waals surface area contributed by atoms with E-state index in [-0.39, 0.29) is 0 Å². The van der Waals surface area contributed by atoms with Crippen LogP contribution in [0, 0.1) is 18.3 Å². The van der Waals surface area contributed by atoms with Gasteiger partial charge in [0.15, 0.2) is 0 Å². The average molecular weight is 284 g/mol. The van der Waals surface area contributed by atoms with Gasteiger partial charge >= 0.3 is 0 Å². The molecule has 0 radical (unpaired) electrons. The van der Waals surface area contributed by atoms with Gasteiger partial charge in [0.1, 0.15) is 0 Å². The number of imidazole rings is 1. The van der Waals surface area contributed by atoms with E-state index in [2.05, 4.69) is 20.9 Å². The van der Waals surface area contributed by atoms with Crippen LogP contribution in [0.2, 0.25) is 0 Å². The van der Waals surface area contributed by atoms with Crippen molar-refractivity contribution in [3.05, 3.63) is 53.1 Å². The van der Waals surface area contributed by atoms with E-state index >= 15 is 0 Å². The van der Waals surface area contributed by atoms with Gasteiger partial charge in [-0.25, -0.2) is 4.98 Å². The second kappa shape index (κ2) is 7.58. The third-order valence-corrected chi connectivity index (χ3v) is 3.30. The van der Waals surface area contributed by atoms with E-state index in [0.29, 0.717) is 12.2 Å². The molecular formula is C16H20N4O. The summed E-state index contributed by atoms with van der Waals surface area (Å²) in [4.78, 5) is 4.38. The summed E-state index contributed by atoms with van der Waals surface area (Å²) >= 11 is 0. The number of methoxy groups -OCH3 is 1. The van der Waals surface area contributed by atoms with Crippen molar-refractivity contribution in [1.29, 1.82) is 5.26 Å². The van der Waals surface area contributed by atoms with Gasteiger partial charge in [-0.05, 0) is 30.2 Å². The standard InChI is InChI=1S/C16H20N4O/c1-13-7-14(8-17)3-4-15(13)10-20-11-16(19-12-20)9-18-5-6-21-2/h3-4,7,11-12,18H,5-6,9-10H2,1-2H3. The van der Waals surface area contributed by atoms with Crippen LogP contribution in [0.1, 0.15) is 22.4 Å². The molecular weight excluding hydrogens is 264 g/mol. The van der Waals surface area contributed by atoms with Gasteiger partial charge in [-0.3, -0.25) is 0 Å². The van der Waals surface area contributed by atoms with E-state index in [4.69, 9.17) is 10.00 Å². The fourth-order valence-corrected chi connectivity index (χ4v) is 2.11. The molecule has 5 nitrogen and oxygen atoms in total. The molecule has 1 aromatic heterocycles. The van der Waals surface area contributed by atoms with Gasteiger partial charge in [-0.1, -0.05) is 6.07 Å². The van der Waals surface area contributed by atoms with Crippen molar-refractivity contribution in [2.24, 2.45) is 0 Å². The van der Waals surface area contributed by atoms with Crippen molar-refractivity contribution >= 4 is 0 Å². The first kappa shape index (κ1) is 15.2. The van der Waals surface area contributed by atoms with E-state index in [9.17, 15) is 0 Å². The zero-order valence-electron chi connectivity index (χ0n) is 12.5. The minimum Gasteiger partial charge on any atom is -0.383 e. The van der Waals surface area contributed by atoms with Crippen molar-refractivity contribution in [2.45, 2.75) is 20.0 Å². The van der Waals surface area contributed by atoms with Gasteiger partial charge in [0.05, 0.1) is 30.3 Å². The quantitative estimate of drug-likeness (QED) is 0.788. The number of hydrogen-bond acceptors (Lipinski definition) is 4. The third kappa shape index (κ3) is 4.42. The van der Waals surface area contributed by atoms with Gasteiger partial charge in [-0.15, -0.1) is 0 Å². The number of ether oxygens (including phenoxy) is 1. The highest BCUT2D eigenvalue weighted by Gasteiger charge is 2.03. The minimum atomic E-state index is 0.699. The fraction of sp³-hybridized carbons (Fsp3) is 0.375. The van der Waals surface area contributed by atoms with Crippen LogP contribution in [0.3, 0.4) is 0 Å². The largest absolute Gasteiger partial charge is 0.383 e. The van der Waals surface area contributed by atoms with Crippen LogP contribution in [0.25, 0.3) is 0 Å². The second-order valence-electron chi connectivity index (χ2n) is 4.96. The van der Waals surface area contributed by atoms with Crippen LogP contribution in [0.4, 0.5) is 0 Å².